The summed E-state index contributed by atoms with van der Waals surface area (Å²) in [6.45, 7) is 7.26. The van der Waals surface area contributed by atoms with E-state index in [1.54, 1.807) is 37.5 Å². The first-order valence-electron chi connectivity index (χ1n) is 14.1. The Balaban J connectivity index is 1.66. The van der Waals surface area contributed by atoms with Gasteiger partial charge in [-0.05, 0) is 56.1 Å². The average Bonchev–Trinajstić information content (AvgIpc) is 2.92. The summed E-state index contributed by atoms with van der Waals surface area (Å²) in [6, 6.07) is 4.20. The van der Waals surface area contributed by atoms with E-state index in [1.807, 2.05) is 20.8 Å². The van der Waals surface area contributed by atoms with Crippen molar-refractivity contribution >= 4 is 5.97 Å². The van der Waals surface area contributed by atoms with E-state index >= 15 is 0 Å². The molecule has 2 saturated carbocycles. The van der Waals surface area contributed by atoms with Gasteiger partial charge in [-0.2, -0.15) is 0 Å². The minimum Gasteiger partial charge on any atom is -0.482 e. The second kappa shape index (κ2) is 10.2. The molecule has 10 nitrogen and oxygen atoms in total. The van der Waals surface area contributed by atoms with Crippen molar-refractivity contribution in [3.8, 4) is 17.1 Å². The first-order chi connectivity index (χ1) is 18.9. The van der Waals surface area contributed by atoms with Crippen LogP contribution in [-0.4, -0.2) is 56.7 Å². The fraction of sp³-hybridized carbons (Fsp3) is 0.633. The molecule has 0 amide bonds. The summed E-state index contributed by atoms with van der Waals surface area (Å²) in [6.07, 6.45) is 2.52. The van der Waals surface area contributed by atoms with Gasteiger partial charge in [-0.15, -0.1) is 0 Å². The van der Waals surface area contributed by atoms with Crippen molar-refractivity contribution < 1.29 is 34.0 Å². The Kier molecular flexibility index (Phi) is 7.35. The number of aliphatic hydroxyl groups excluding tert-OH is 3. The number of carbonyl (C=O) groups excluding carboxylic acids is 1. The minimum atomic E-state index is -1.32. The Bertz CT molecular complexity index is 1320. The molecule has 2 aromatic rings. The summed E-state index contributed by atoms with van der Waals surface area (Å²) in [5.41, 5.74) is 3.09. The molecular weight excluding hydrogens is 516 g/mol. The van der Waals surface area contributed by atoms with Crippen LogP contribution in [0.1, 0.15) is 71.5 Å². The van der Waals surface area contributed by atoms with Crippen molar-refractivity contribution in [3.63, 3.8) is 0 Å². The first-order valence-corrected chi connectivity index (χ1v) is 14.1. The number of aromatic nitrogens is 1. The van der Waals surface area contributed by atoms with Crippen molar-refractivity contribution in [1.29, 1.82) is 0 Å². The molecule has 5 N–H and O–H groups in total. The quantitative estimate of drug-likeness (QED) is 0.389. The fourth-order valence-electron chi connectivity index (χ4n) is 7.88. The third-order valence-electron chi connectivity index (χ3n) is 10.1. The Morgan fingerprint density at radius 1 is 1.30 bits per heavy atom. The lowest BCUT2D eigenvalue weighted by atomic mass is 9.42. The van der Waals surface area contributed by atoms with E-state index in [9.17, 15) is 24.9 Å². The highest BCUT2D eigenvalue weighted by Gasteiger charge is 2.70. The highest BCUT2D eigenvalue weighted by Crippen LogP contribution is 2.67. The zero-order chi connectivity index (χ0) is 29.0. The zero-order valence-electron chi connectivity index (χ0n) is 23.5. The van der Waals surface area contributed by atoms with E-state index in [-0.39, 0.29) is 36.0 Å². The molecule has 2 fully saturated rings. The van der Waals surface area contributed by atoms with Gasteiger partial charge < -0.3 is 34.9 Å². The summed E-state index contributed by atoms with van der Waals surface area (Å²) in [5, 5.41) is 33.5. The van der Waals surface area contributed by atoms with Gasteiger partial charge in [0.15, 0.2) is 0 Å². The molecule has 3 aliphatic rings. The summed E-state index contributed by atoms with van der Waals surface area (Å²) in [5.74, 6) is -1.28. The number of esters is 1. The highest BCUT2D eigenvalue weighted by molar-refractivity contribution is 5.75. The van der Waals surface area contributed by atoms with E-state index in [4.69, 9.17) is 19.6 Å². The molecule has 2 aromatic heterocycles. The molecule has 3 heterocycles. The van der Waals surface area contributed by atoms with Gasteiger partial charge >= 0.3 is 11.6 Å². The van der Waals surface area contributed by atoms with Gasteiger partial charge in [0.25, 0.3) is 0 Å². The predicted molar refractivity (Wildman–Crippen MR) is 145 cm³/mol. The maximum Gasteiger partial charge on any atom is 0.345 e. The van der Waals surface area contributed by atoms with Gasteiger partial charge in [0.05, 0.1) is 18.8 Å². The monoisotopic (exact) mass is 556 g/mol. The van der Waals surface area contributed by atoms with Crippen LogP contribution in [0.2, 0.25) is 0 Å². The van der Waals surface area contributed by atoms with Crippen LogP contribution in [0.15, 0.2) is 39.8 Å². The molecule has 2 aliphatic carbocycles. The maximum atomic E-state index is 13.4. The molecule has 5 rings (SSSR count). The van der Waals surface area contributed by atoms with Gasteiger partial charge in [0, 0.05) is 35.4 Å². The number of fused-ring (bicyclic) bond motifs is 4. The number of ether oxygens (including phenoxy) is 2. The number of carbonyl (C=O) groups is 1. The molecule has 0 radical (unpaired) electrons. The Morgan fingerprint density at radius 2 is 2.05 bits per heavy atom. The molecule has 0 bridgehead atoms. The van der Waals surface area contributed by atoms with E-state index in [0.717, 1.165) is 0 Å². The molecular formula is C30H40N2O8. The van der Waals surface area contributed by atoms with E-state index in [1.165, 1.54) is 0 Å². The number of hydrogen-bond donors (Lipinski definition) is 4. The molecule has 0 spiro atoms. The summed E-state index contributed by atoms with van der Waals surface area (Å²) in [7, 11) is 0. The zero-order valence-corrected chi connectivity index (χ0v) is 23.5. The van der Waals surface area contributed by atoms with Crippen LogP contribution in [0.4, 0.5) is 0 Å². The van der Waals surface area contributed by atoms with E-state index in [0.29, 0.717) is 31.2 Å². The highest BCUT2D eigenvalue weighted by atomic mass is 16.6. The number of hydrogen-bond acceptors (Lipinski definition) is 10. The molecule has 1 aliphatic heterocycles. The van der Waals surface area contributed by atoms with E-state index in [2.05, 4.69) is 4.98 Å². The van der Waals surface area contributed by atoms with Crippen LogP contribution in [0.3, 0.4) is 0 Å². The lowest BCUT2D eigenvalue weighted by Crippen LogP contribution is -2.71. The van der Waals surface area contributed by atoms with Gasteiger partial charge in [-0.3, -0.25) is 9.78 Å². The van der Waals surface area contributed by atoms with Gasteiger partial charge in [0.2, 0.25) is 0 Å². The van der Waals surface area contributed by atoms with Crippen molar-refractivity contribution in [1.82, 2.24) is 4.98 Å². The fourth-order valence-corrected chi connectivity index (χ4v) is 7.88. The lowest BCUT2D eigenvalue weighted by molar-refractivity contribution is -0.268. The van der Waals surface area contributed by atoms with Crippen LogP contribution >= 0.6 is 0 Å². The van der Waals surface area contributed by atoms with E-state index < -0.39 is 58.3 Å². The Hall–Kier alpha value is -2.79. The molecule has 0 saturated heterocycles. The molecule has 10 heteroatoms. The van der Waals surface area contributed by atoms with Crippen molar-refractivity contribution in [3.05, 3.63) is 46.6 Å². The first kappa shape index (κ1) is 28.7. The number of nitrogens with zero attached hydrogens (tertiary/aromatic N) is 1. The Labute approximate surface area is 233 Å². The predicted octanol–water partition coefficient (Wildman–Crippen LogP) is 2.72. The van der Waals surface area contributed by atoms with Crippen LogP contribution in [0, 0.1) is 22.7 Å². The second-order valence-electron chi connectivity index (χ2n) is 12.5. The normalized spacial score (nSPS) is 37.4. The SMILES string of the molecule is CCCC(N)C(=O)O[C@H]1CC2C(C)(CO)[C@@H](O)CC[C@]2(C)C2[C@@H](O)c3c(cc(-c4cccnc4)oc3=O)O[C@@]21C. The Morgan fingerprint density at radius 3 is 2.70 bits per heavy atom. The molecule has 40 heavy (non-hydrogen) atoms. The summed E-state index contributed by atoms with van der Waals surface area (Å²) in [4.78, 5) is 30.6. The second-order valence-corrected chi connectivity index (χ2v) is 12.5. The van der Waals surface area contributed by atoms with Gasteiger partial charge in [0.1, 0.15) is 34.8 Å². The van der Waals surface area contributed by atoms with Crippen LogP contribution in [0.5, 0.6) is 5.75 Å². The molecule has 218 valence electrons. The van der Waals surface area contributed by atoms with Crippen LogP contribution in [-0.2, 0) is 9.53 Å². The van der Waals surface area contributed by atoms with Crippen molar-refractivity contribution in [2.75, 3.05) is 6.61 Å². The molecule has 9 atom stereocenters. The number of rotatable bonds is 6. The summed E-state index contributed by atoms with van der Waals surface area (Å²) >= 11 is 0. The molecule has 0 aromatic carbocycles. The standard InChI is InChI=1S/C30H40N2O8/c1-5-7-17(31)26(36)39-22-13-20-28(2,10-9-21(34)29(20,3)15-33)25-24(35)23-19(40-30(22,25)4)12-18(38-27(23)37)16-8-6-11-32-14-16/h6,8,11-12,14,17,20-22,24-25,33-35H,5,7,9-10,13,15,31H2,1-4H3/t17?,20?,21-,22-,24-,25?,28-,29?,30+/m0/s1. The van der Waals surface area contributed by atoms with Gasteiger partial charge in [-0.25, -0.2) is 4.79 Å². The largest absolute Gasteiger partial charge is 0.482 e. The van der Waals surface area contributed by atoms with Crippen LogP contribution in [0.25, 0.3) is 11.3 Å². The van der Waals surface area contributed by atoms with Gasteiger partial charge in [-0.1, -0.05) is 27.2 Å². The van der Waals surface area contributed by atoms with Crippen LogP contribution < -0.4 is 16.1 Å². The lowest BCUT2D eigenvalue weighted by Gasteiger charge is -2.66. The number of nitrogens with two attached hydrogens (primary N) is 1. The number of aliphatic hydroxyl groups is 3. The number of pyridine rings is 1. The smallest absolute Gasteiger partial charge is 0.345 e. The van der Waals surface area contributed by atoms with Crippen molar-refractivity contribution in [2.45, 2.75) is 89.8 Å². The molecule has 4 unspecified atom stereocenters. The van der Waals surface area contributed by atoms with Crippen molar-refractivity contribution in [2.24, 2.45) is 28.4 Å². The topological polar surface area (TPSA) is 165 Å². The third kappa shape index (κ3) is 4.27. The maximum absolute atomic E-state index is 13.4. The summed E-state index contributed by atoms with van der Waals surface area (Å²) < 4.78 is 18.4. The minimum absolute atomic E-state index is 0.00146. The average molecular weight is 557 g/mol. The third-order valence-corrected chi connectivity index (χ3v) is 10.1.